The molecule has 2 N–H and O–H groups in total. The molecular formula is C11H14F3N. The standard InChI is InChI=1S/C11H14F3N/c1-3-8-9(7(2)15)5-4-6-10(8)11(12,13)14/h4-7H,3,15H2,1-2H3/t7-/m0/s1. The largest absolute Gasteiger partial charge is 0.416 e. The number of rotatable bonds is 2. The van der Waals surface area contributed by atoms with Crippen molar-refractivity contribution in [3.05, 3.63) is 34.9 Å². The van der Waals surface area contributed by atoms with E-state index < -0.39 is 11.7 Å². The summed E-state index contributed by atoms with van der Waals surface area (Å²) >= 11 is 0. The van der Waals surface area contributed by atoms with Gasteiger partial charge in [-0.05, 0) is 30.5 Å². The van der Waals surface area contributed by atoms with Crippen molar-refractivity contribution in [2.45, 2.75) is 32.5 Å². The lowest BCUT2D eigenvalue weighted by Gasteiger charge is -2.17. The summed E-state index contributed by atoms with van der Waals surface area (Å²) in [6.07, 6.45) is -3.96. The van der Waals surface area contributed by atoms with E-state index >= 15 is 0 Å². The van der Waals surface area contributed by atoms with Crippen molar-refractivity contribution >= 4 is 0 Å². The molecular weight excluding hydrogens is 203 g/mol. The Kier molecular flexibility index (Phi) is 3.39. The lowest BCUT2D eigenvalue weighted by Crippen LogP contribution is -2.14. The van der Waals surface area contributed by atoms with E-state index in [0.717, 1.165) is 6.07 Å². The molecule has 0 aliphatic heterocycles. The molecule has 15 heavy (non-hydrogen) atoms. The molecule has 0 radical (unpaired) electrons. The molecule has 0 amide bonds. The molecule has 1 nitrogen and oxygen atoms in total. The van der Waals surface area contributed by atoms with Gasteiger partial charge in [0.05, 0.1) is 5.56 Å². The van der Waals surface area contributed by atoms with Gasteiger partial charge in [-0.25, -0.2) is 0 Å². The zero-order valence-corrected chi connectivity index (χ0v) is 8.73. The summed E-state index contributed by atoms with van der Waals surface area (Å²) in [5, 5.41) is 0. The van der Waals surface area contributed by atoms with E-state index in [1.54, 1.807) is 19.9 Å². The summed E-state index contributed by atoms with van der Waals surface area (Å²) in [7, 11) is 0. The Morgan fingerprint density at radius 1 is 1.33 bits per heavy atom. The molecule has 0 bridgehead atoms. The number of hydrogen-bond acceptors (Lipinski definition) is 1. The van der Waals surface area contributed by atoms with Gasteiger partial charge in [0.2, 0.25) is 0 Å². The summed E-state index contributed by atoms with van der Waals surface area (Å²) < 4.78 is 37.9. The van der Waals surface area contributed by atoms with Crippen LogP contribution in [0.5, 0.6) is 0 Å². The average molecular weight is 217 g/mol. The van der Waals surface area contributed by atoms with Gasteiger partial charge < -0.3 is 5.73 Å². The van der Waals surface area contributed by atoms with Gasteiger partial charge in [0.1, 0.15) is 0 Å². The maximum atomic E-state index is 12.6. The van der Waals surface area contributed by atoms with Crippen molar-refractivity contribution in [1.82, 2.24) is 0 Å². The fourth-order valence-electron chi connectivity index (χ4n) is 1.69. The molecule has 0 spiro atoms. The minimum absolute atomic E-state index is 0.306. The highest BCUT2D eigenvalue weighted by molar-refractivity contribution is 5.38. The molecule has 0 heterocycles. The zero-order valence-electron chi connectivity index (χ0n) is 8.73. The second-order valence-electron chi connectivity index (χ2n) is 3.51. The quantitative estimate of drug-likeness (QED) is 0.808. The molecule has 0 aliphatic carbocycles. The van der Waals surface area contributed by atoms with Gasteiger partial charge in [-0.2, -0.15) is 13.2 Å². The first-order chi connectivity index (χ1) is 6.88. The summed E-state index contributed by atoms with van der Waals surface area (Å²) in [6.45, 7) is 3.39. The van der Waals surface area contributed by atoms with E-state index in [0.29, 0.717) is 17.5 Å². The smallest absolute Gasteiger partial charge is 0.324 e. The lowest BCUT2D eigenvalue weighted by atomic mass is 9.95. The van der Waals surface area contributed by atoms with Crippen LogP contribution >= 0.6 is 0 Å². The van der Waals surface area contributed by atoms with E-state index in [9.17, 15) is 13.2 Å². The van der Waals surface area contributed by atoms with Gasteiger partial charge in [-0.1, -0.05) is 19.1 Å². The van der Waals surface area contributed by atoms with Crippen LogP contribution in [0.2, 0.25) is 0 Å². The van der Waals surface area contributed by atoms with E-state index in [-0.39, 0.29) is 6.04 Å². The average Bonchev–Trinajstić information content (AvgIpc) is 2.15. The van der Waals surface area contributed by atoms with Crippen molar-refractivity contribution in [2.75, 3.05) is 0 Å². The van der Waals surface area contributed by atoms with E-state index in [4.69, 9.17) is 5.73 Å². The topological polar surface area (TPSA) is 26.0 Å². The summed E-state index contributed by atoms with van der Waals surface area (Å²) in [5.41, 5.74) is 5.95. The Labute approximate surface area is 87.1 Å². The van der Waals surface area contributed by atoms with Gasteiger partial charge in [0.25, 0.3) is 0 Å². The molecule has 1 aromatic rings. The van der Waals surface area contributed by atoms with Crippen LogP contribution in [0.1, 0.15) is 36.6 Å². The molecule has 84 valence electrons. The Morgan fingerprint density at radius 3 is 2.33 bits per heavy atom. The van der Waals surface area contributed by atoms with Gasteiger partial charge in [-0.3, -0.25) is 0 Å². The third-order valence-corrected chi connectivity index (χ3v) is 2.36. The van der Waals surface area contributed by atoms with E-state index in [2.05, 4.69) is 0 Å². The summed E-state index contributed by atoms with van der Waals surface area (Å²) in [5.74, 6) is 0. The Hall–Kier alpha value is -1.03. The van der Waals surface area contributed by atoms with Crippen molar-refractivity contribution in [3.63, 3.8) is 0 Å². The molecule has 0 aliphatic rings. The van der Waals surface area contributed by atoms with Crippen molar-refractivity contribution < 1.29 is 13.2 Å². The van der Waals surface area contributed by atoms with Gasteiger partial charge in [0, 0.05) is 6.04 Å². The first kappa shape index (κ1) is 12.0. The highest BCUT2D eigenvalue weighted by atomic mass is 19.4. The number of halogens is 3. The highest BCUT2D eigenvalue weighted by Gasteiger charge is 2.33. The lowest BCUT2D eigenvalue weighted by molar-refractivity contribution is -0.138. The minimum Gasteiger partial charge on any atom is -0.324 e. The molecule has 1 rings (SSSR count). The molecule has 1 atom stereocenters. The first-order valence-corrected chi connectivity index (χ1v) is 4.82. The molecule has 0 aromatic heterocycles. The monoisotopic (exact) mass is 217 g/mol. The van der Waals surface area contributed by atoms with E-state index in [1.165, 1.54) is 6.07 Å². The van der Waals surface area contributed by atoms with Crippen LogP contribution in [0.4, 0.5) is 13.2 Å². The zero-order chi connectivity index (χ0) is 11.6. The molecule has 0 fully saturated rings. The minimum atomic E-state index is -4.30. The predicted octanol–water partition coefficient (Wildman–Crippen LogP) is 3.29. The number of benzene rings is 1. The number of nitrogens with two attached hydrogens (primary N) is 1. The second-order valence-corrected chi connectivity index (χ2v) is 3.51. The van der Waals surface area contributed by atoms with Crippen LogP contribution in [0.25, 0.3) is 0 Å². The fourth-order valence-corrected chi connectivity index (χ4v) is 1.69. The highest BCUT2D eigenvalue weighted by Crippen LogP contribution is 2.34. The fraction of sp³-hybridized carbons (Fsp3) is 0.455. The van der Waals surface area contributed by atoms with Crippen molar-refractivity contribution in [2.24, 2.45) is 5.73 Å². The van der Waals surface area contributed by atoms with Crippen LogP contribution in [0.3, 0.4) is 0 Å². The van der Waals surface area contributed by atoms with Crippen LogP contribution in [0, 0.1) is 0 Å². The third-order valence-electron chi connectivity index (χ3n) is 2.36. The molecule has 0 unspecified atom stereocenters. The molecule has 0 saturated heterocycles. The summed E-state index contributed by atoms with van der Waals surface area (Å²) in [6, 6.07) is 3.78. The first-order valence-electron chi connectivity index (χ1n) is 4.82. The Morgan fingerprint density at radius 2 is 1.93 bits per heavy atom. The number of hydrogen-bond donors (Lipinski definition) is 1. The molecule has 4 heteroatoms. The van der Waals surface area contributed by atoms with Gasteiger partial charge >= 0.3 is 6.18 Å². The SMILES string of the molecule is CCc1c([C@H](C)N)cccc1C(F)(F)F. The summed E-state index contributed by atoms with van der Waals surface area (Å²) in [4.78, 5) is 0. The van der Waals surface area contributed by atoms with Crippen molar-refractivity contribution in [1.29, 1.82) is 0 Å². The third kappa shape index (κ3) is 2.50. The Balaban J connectivity index is 3.35. The second kappa shape index (κ2) is 4.23. The van der Waals surface area contributed by atoms with Crippen LogP contribution in [-0.4, -0.2) is 0 Å². The normalized spacial score (nSPS) is 14.0. The van der Waals surface area contributed by atoms with Crippen LogP contribution < -0.4 is 5.73 Å². The van der Waals surface area contributed by atoms with Crippen molar-refractivity contribution in [3.8, 4) is 0 Å². The van der Waals surface area contributed by atoms with Gasteiger partial charge in [-0.15, -0.1) is 0 Å². The predicted molar refractivity (Wildman–Crippen MR) is 53.4 cm³/mol. The molecule has 0 saturated carbocycles. The van der Waals surface area contributed by atoms with Crippen LogP contribution in [0.15, 0.2) is 18.2 Å². The maximum Gasteiger partial charge on any atom is 0.416 e. The number of alkyl halides is 3. The Bertz CT molecular complexity index is 342. The van der Waals surface area contributed by atoms with E-state index in [1.807, 2.05) is 0 Å². The van der Waals surface area contributed by atoms with Crippen LogP contribution in [-0.2, 0) is 12.6 Å². The van der Waals surface area contributed by atoms with Gasteiger partial charge in [0.15, 0.2) is 0 Å². The maximum absolute atomic E-state index is 12.6. The molecule has 1 aromatic carbocycles.